The van der Waals surface area contributed by atoms with Gasteiger partial charge in [0, 0.05) is 6.04 Å². The van der Waals surface area contributed by atoms with Crippen LogP contribution in [0.1, 0.15) is 13.8 Å². The molecule has 0 aromatic heterocycles. The molecule has 0 aromatic rings. The van der Waals surface area contributed by atoms with Crippen LogP contribution >= 0.6 is 0 Å². The zero-order valence-corrected chi connectivity index (χ0v) is 5.61. The molecule has 0 spiro atoms. The summed E-state index contributed by atoms with van der Waals surface area (Å²) in [6, 6.07) is -0.382. The summed E-state index contributed by atoms with van der Waals surface area (Å²) in [5.74, 6) is 0. The van der Waals surface area contributed by atoms with Crippen molar-refractivity contribution >= 4 is 0 Å². The lowest BCUT2D eigenvalue weighted by atomic mass is 10.1. The zero-order chi connectivity index (χ0) is 7.44. The molecule has 0 saturated heterocycles. The molecule has 0 saturated carbocycles. The predicted molar refractivity (Wildman–Crippen MR) is 32.8 cm³/mol. The number of aliphatic hydroxyl groups is 1. The first-order valence-corrected chi connectivity index (χ1v) is 2.83. The van der Waals surface area contributed by atoms with Crippen molar-refractivity contribution in [3.05, 3.63) is 0 Å². The molecule has 0 aliphatic heterocycles. The van der Waals surface area contributed by atoms with E-state index in [0.29, 0.717) is 0 Å². The molecule has 0 bridgehead atoms. The van der Waals surface area contributed by atoms with Crippen LogP contribution in [-0.2, 0) is 4.89 Å². The monoisotopic (exact) mass is 135 g/mol. The van der Waals surface area contributed by atoms with Gasteiger partial charge in [0.1, 0.15) is 6.10 Å². The van der Waals surface area contributed by atoms with E-state index in [1.807, 2.05) is 0 Å². The Labute approximate surface area is 54.2 Å². The quantitative estimate of drug-likeness (QED) is 0.362. The van der Waals surface area contributed by atoms with Crippen molar-refractivity contribution in [3.63, 3.8) is 0 Å². The Hall–Kier alpha value is -0.160. The van der Waals surface area contributed by atoms with Gasteiger partial charge in [-0.15, -0.1) is 0 Å². The zero-order valence-electron chi connectivity index (χ0n) is 5.61. The molecule has 3 unspecified atom stereocenters. The summed E-state index contributed by atoms with van der Waals surface area (Å²) in [4.78, 5) is 3.84. The average molecular weight is 135 g/mol. The van der Waals surface area contributed by atoms with E-state index in [4.69, 9.17) is 16.1 Å². The first-order valence-electron chi connectivity index (χ1n) is 2.83. The van der Waals surface area contributed by atoms with Gasteiger partial charge in [-0.25, -0.2) is 4.89 Å². The van der Waals surface area contributed by atoms with Gasteiger partial charge in [0.15, 0.2) is 0 Å². The molecule has 0 aliphatic rings. The predicted octanol–water partition coefficient (Wildman–Crippen LogP) is -0.427. The summed E-state index contributed by atoms with van der Waals surface area (Å²) >= 11 is 0. The number of nitrogens with two attached hydrogens (primary N) is 1. The third kappa shape index (κ3) is 2.76. The average Bonchev–Trinajstić information content (AvgIpc) is 1.84. The van der Waals surface area contributed by atoms with Crippen LogP contribution < -0.4 is 5.73 Å². The van der Waals surface area contributed by atoms with E-state index < -0.39 is 12.2 Å². The molecular weight excluding hydrogens is 122 g/mol. The van der Waals surface area contributed by atoms with Gasteiger partial charge in [0.05, 0.1) is 6.10 Å². The Bertz CT molecular complexity index is 76.6. The largest absolute Gasteiger partial charge is 0.389 e. The summed E-state index contributed by atoms with van der Waals surface area (Å²) in [5.41, 5.74) is 5.27. The smallest absolute Gasteiger partial charge is 0.117 e. The van der Waals surface area contributed by atoms with Crippen molar-refractivity contribution in [1.82, 2.24) is 0 Å². The molecule has 0 radical (unpaired) electrons. The molecule has 0 amide bonds. The van der Waals surface area contributed by atoms with Gasteiger partial charge >= 0.3 is 0 Å². The van der Waals surface area contributed by atoms with Crippen molar-refractivity contribution < 1.29 is 15.3 Å². The second kappa shape index (κ2) is 3.79. The normalized spacial score (nSPS) is 21.0. The van der Waals surface area contributed by atoms with Gasteiger partial charge in [-0.05, 0) is 13.8 Å². The molecule has 0 heterocycles. The van der Waals surface area contributed by atoms with E-state index in [9.17, 15) is 0 Å². The van der Waals surface area contributed by atoms with Crippen LogP contribution in [0, 0.1) is 0 Å². The van der Waals surface area contributed by atoms with Crippen molar-refractivity contribution in [2.75, 3.05) is 0 Å². The van der Waals surface area contributed by atoms with Crippen molar-refractivity contribution in [1.29, 1.82) is 0 Å². The third-order valence-corrected chi connectivity index (χ3v) is 1.19. The van der Waals surface area contributed by atoms with E-state index in [2.05, 4.69) is 4.89 Å². The van der Waals surface area contributed by atoms with Gasteiger partial charge in [-0.3, -0.25) is 5.26 Å². The topological polar surface area (TPSA) is 75.7 Å². The number of aliphatic hydroxyl groups excluding tert-OH is 1. The number of hydrogen-bond donors (Lipinski definition) is 3. The summed E-state index contributed by atoms with van der Waals surface area (Å²) in [6.07, 6.45) is -1.43. The first-order chi connectivity index (χ1) is 4.09. The van der Waals surface area contributed by atoms with Gasteiger partial charge in [-0.1, -0.05) is 0 Å². The Balaban J connectivity index is 3.58. The molecule has 4 heteroatoms. The van der Waals surface area contributed by atoms with E-state index >= 15 is 0 Å². The van der Waals surface area contributed by atoms with Crippen LogP contribution in [-0.4, -0.2) is 28.6 Å². The highest BCUT2D eigenvalue weighted by Crippen LogP contribution is 1.99. The molecule has 0 aromatic carbocycles. The highest BCUT2D eigenvalue weighted by molar-refractivity contribution is 4.71. The molecule has 0 fully saturated rings. The van der Waals surface area contributed by atoms with Crippen LogP contribution in [0.4, 0.5) is 0 Å². The Morgan fingerprint density at radius 1 is 1.44 bits per heavy atom. The maximum absolute atomic E-state index is 8.98. The molecule has 9 heavy (non-hydrogen) atoms. The molecule has 0 aliphatic carbocycles. The molecule has 3 atom stereocenters. The van der Waals surface area contributed by atoms with Gasteiger partial charge < -0.3 is 10.8 Å². The molecule has 0 rings (SSSR count). The Kier molecular flexibility index (Phi) is 3.72. The van der Waals surface area contributed by atoms with Crippen LogP contribution in [0.15, 0.2) is 0 Å². The fourth-order valence-corrected chi connectivity index (χ4v) is 0.490. The summed E-state index contributed by atoms with van der Waals surface area (Å²) < 4.78 is 0. The van der Waals surface area contributed by atoms with Crippen LogP contribution in [0.3, 0.4) is 0 Å². The highest BCUT2D eigenvalue weighted by Gasteiger charge is 2.18. The second-order valence-corrected chi connectivity index (χ2v) is 2.16. The fourth-order valence-electron chi connectivity index (χ4n) is 0.490. The highest BCUT2D eigenvalue weighted by atomic mass is 17.1. The van der Waals surface area contributed by atoms with E-state index in [1.165, 1.54) is 6.92 Å². The van der Waals surface area contributed by atoms with Gasteiger partial charge in [0.2, 0.25) is 0 Å². The summed E-state index contributed by atoms with van der Waals surface area (Å²) in [5, 5.41) is 17.0. The lowest BCUT2D eigenvalue weighted by Gasteiger charge is -2.18. The minimum absolute atomic E-state index is 0.382. The summed E-state index contributed by atoms with van der Waals surface area (Å²) in [7, 11) is 0. The number of rotatable bonds is 3. The van der Waals surface area contributed by atoms with E-state index in [0.717, 1.165) is 0 Å². The van der Waals surface area contributed by atoms with E-state index in [1.54, 1.807) is 6.92 Å². The minimum atomic E-state index is -0.810. The maximum atomic E-state index is 8.98. The van der Waals surface area contributed by atoms with Crippen LogP contribution in [0.25, 0.3) is 0 Å². The van der Waals surface area contributed by atoms with Crippen molar-refractivity contribution in [2.45, 2.75) is 32.1 Å². The van der Waals surface area contributed by atoms with Crippen LogP contribution in [0.5, 0.6) is 0 Å². The molecule has 4 nitrogen and oxygen atoms in total. The lowest BCUT2D eigenvalue weighted by Crippen LogP contribution is -2.40. The molecule has 56 valence electrons. The Morgan fingerprint density at radius 2 is 1.89 bits per heavy atom. The van der Waals surface area contributed by atoms with E-state index in [-0.39, 0.29) is 6.04 Å². The second-order valence-electron chi connectivity index (χ2n) is 2.16. The molecular formula is C5H13NO3. The fraction of sp³-hybridized carbons (Fsp3) is 1.00. The SMILES string of the molecule is CC(N)C(O)C(C)OO. The van der Waals surface area contributed by atoms with Gasteiger partial charge in [-0.2, -0.15) is 0 Å². The number of hydrogen-bond acceptors (Lipinski definition) is 4. The van der Waals surface area contributed by atoms with Crippen molar-refractivity contribution in [3.8, 4) is 0 Å². The third-order valence-electron chi connectivity index (χ3n) is 1.19. The standard InChI is InChI=1S/C5H13NO3/c1-3(6)5(7)4(2)9-8/h3-5,7-8H,6H2,1-2H3. The first kappa shape index (κ1) is 8.84. The Morgan fingerprint density at radius 3 is 2.00 bits per heavy atom. The lowest BCUT2D eigenvalue weighted by molar-refractivity contribution is -0.292. The molecule has 4 N–H and O–H groups in total. The maximum Gasteiger partial charge on any atom is 0.117 e. The minimum Gasteiger partial charge on any atom is -0.389 e. The van der Waals surface area contributed by atoms with Crippen molar-refractivity contribution in [2.24, 2.45) is 5.73 Å². The van der Waals surface area contributed by atoms with Gasteiger partial charge in [0.25, 0.3) is 0 Å². The summed E-state index contributed by atoms with van der Waals surface area (Å²) in [6.45, 7) is 3.17. The van der Waals surface area contributed by atoms with Crippen LogP contribution in [0.2, 0.25) is 0 Å².